The Morgan fingerprint density at radius 2 is 1.94 bits per heavy atom. The van der Waals surface area contributed by atoms with Crippen LogP contribution in [0.1, 0.15) is 37.8 Å². The third-order valence-corrected chi connectivity index (χ3v) is 5.48. The van der Waals surface area contributed by atoms with E-state index in [0.29, 0.717) is 36.0 Å². The van der Waals surface area contributed by atoms with Crippen LogP contribution in [0.15, 0.2) is 69.7 Å². The van der Waals surface area contributed by atoms with Crippen molar-refractivity contribution in [3.05, 3.63) is 80.9 Å². The summed E-state index contributed by atoms with van der Waals surface area (Å²) in [5.74, 6) is -0.0205. The minimum absolute atomic E-state index is 0.0408. The van der Waals surface area contributed by atoms with Crippen LogP contribution >= 0.6 is 15.9 Å². The van der Waals surface area contributed by atoms with E-state index < -0.39 is 11.9 Å². The number of carbonyl (C=O) groups is 1. The van der Waals surface area contributed by atoms with E-state index in [1.54, 1.807) is 32.0 Å². The van der Waals surface area contributed by atoms with Gasteiger partial charge in [0, 0.05) is 4.47 Å². The summed E-state index contributed by atoms with van der Waals surface area (Å²) in [5, 5.41) is 9.77. The Morgan fingerprint density at radius 1 is 1.15 bits per heavy atom. The van der Waals surface area contributed by atoms with Crippen molar-refractivity contribution in [1.82, 2.24) is 0 Å². The molecule has 0 aliphatic carbocycles. The first-order valence-electron chi connectivity index (χ1n) is 10.5. The van der Waals surface area contributed by atoms with Gasteiger partial charge in [-0.1, -0.05) is 34.1 Å². The number of nitrogens with two attached hydrogens (primary N) is 1. The first kappa shape index (κ1) is 24.2. The van der Waals surface area contributed by atoms with E-state index in [4.69, 9.17) is 24.7 Å². The zero-order chi connectivity index (χ0) is 24.0. The molecule has 1 unspecified atom stereocenters. The molecule has 0 amide bonds. The van der Waals surface area contributed by atoms with E-state index in [-0.39, 0.29) is 23.6 Å². The number of hydrogen-bond donors (Lipinski definition) is 1. The van der Waals surface area contributed by atoms with Crippen molar-refractivity contribution in [2.24, 2.45) is 5.73 Å². The molecule has 1 atom stereocenters. The molecule has 1 aliphatic rings. The maximum Gasteiger partial charge on any atom is 0.338 e. The van der Waals surface area contributed by atoms with Gasteiger partial charge < -0.3 is 24.7 Å². The van der Waals surface area contributed by atoms with E-state index in [0.717, 1.165) is 10.0 Å². The summed E-state index contributed by atoms with van der Waals surface area (Å²) in [4.78, 5) is 12.7. The second-order valence-electron chi connectivity index (χ2n) is 7.17. The van der Waals surface area contributed by atoms with Gasteiger partial charge in [-0.3, -0.25) is 0 Å². The number of carbonyl (C=O) groups excluding carboxylic acids is 1. The Morgan fingerprint density at radius 3 is 2.61 bits per heavy atom. The highest BCUT2D eigenvalue weighted by Crippen LogP contribution is 2.42. The number of rotatable bonds is 8. The van der Waals surface area contributed by atoms with Gasteiger partial charge in [-0.05, 0) is 56.2 Å². The minimum Gasteiger partial charge on any atom is -0.490 e. The average Bonchev–Trinajstić information content (AvgIpc) is 2.78. The van der Waals surface area contributed by atoms with Crippen LogP contribution in [0.3, 0.4) is 0 Å². The lowest BCUT2D eigenvalue weighted by Gasteiger charge is -2.27. The van der Waals surface area contributed by atoms with Gasteiger partial charge in [0.25, 0.3) is 0 Å². The third kappa shape index (κ3) is 5.49. The van der Waals surface area contributed by atoms with Crippen LogP contribution in [0.25, 0.3) is 0 Å². The lowest BCUT2D eigenvalue weighted by atomic mass is 9.83. The lowest BCUT2D eigenvalue weighted by molar-refractivity contribution is -0.139. The molecule has 2 N–H and O–H groups in total. The molecule has 0 saturated heterocycles. The van der Waals surface area contributed by atoms with E-state index >= 15 is 0 Å². The molecule has 8 heteroatoms. The molecule has 0 fully saturated rings. The summed E-state index contributed by atoms with van der Waals surface area (Å²) < 4.78 is 23.5. The average molecular weight is 513 g/mol. The maximum atomic E-state index is 12.7. The van der Waals surface area contributed by atoms with Crippen LogP contribution in [-0.4, -0.2) is 19.2 Å². The predicted octanol–water partition coefficient (Wildman–Crippen LogP) is 5.07. The van der Waals surface area contributed by atoms with Gasteiger partial charge >= 0.3 is 5.97 Å². The van der Waals surface area contributed by atoms with Gasteiger partial charge in [0.2, 0.25) is 5.88 Å². The van der Waals surface area contributed by atoms with Crippen LogP contribution in [-0.2, 0) is 20.9 Å². The fourth-order valence-electron chi connectivity index (χ4n) is 3.57. The molecule has 2 aromatic carbocycles. The van der Waals surface area contributed by atoms with Crippen LogP contribution in [0.5, 0.6) is 11.5 Å². The molecule has 1 aliphatic heterocycles. The first-order valence-corrected chi connectivity index (χ1v) is 11.3. The van der Waals surface area contributed by atoms with Gasteiger partial charge in [-0.25, -0.2) is 4.79 Å². The molecule has 0 radical (unpaired) electrons. The topological polar surface area (TPSA) is 104 Å². The molecule has 7 nitrogen and oxygen atoms in total. The second-order valence-corrected chi connectivity index (χ2v) is 8.09. The van der Waals surface area contributed by atoms with Crippen molar-refractivity contribution in [2.45, 2.75) is 33.3 Å². The summed E-state index contributed by atoms with van der Waals surface area (Å²) in [6.07, 6.45) is 0. The highest BCUT2D eigenvalue weighted by Gasteiger charge is 2.36. The summed E-state index contributed by atoms with van der Waals surface area (Å²) in [7, 11) is 0. The Balaban J connectivity index is 2.00. The maximum absolute atomic E-state index is 12.7. The van der Waals surface area contributed by atoms with Crippen molar-refractivity contribution in [2.75, 3.05) is 13.2 Å². The molecular formula is C25H25BrN2O5. The molecule has 0 spiro atoms. The van der Waals surface area contributed by atoms with Gasteiger partial charge in [0.1, 0.15) is 24.0 Å². The summed E-state index contributed by atoms with van der Waals surface area (Å²) >= 11 is 3.46. The normalized spacial score (nSPS) is 15.5. The SMILES string of the molecule is CCOC(=O)C1=C(C)OC(N)=C(C#N)C1c1ccc(OCc2cccc(Br)c2)c(OCC)c1. The molecular weight excluding hydrogens is 488 g/mol. The highest BCUT2D eigenvalue weighted by atomic mass is 79.9. The molecule has 1 heterocycles. The van der Waals surface area contributed by atoms with Gasteiger partial charge in [-0.2, -0.15) is 5.26 Å². The van der Waals surface area contributed by atoms with Crippen LogP contribution in [0, 0.1) is 11.3 Å². The predicted molar refractivity (Wildman–Crippen MR) is 126 cm³/mol. The number of nitrogens with zero attached hydrogens (tertiary/aromatic N) is 1. The van der Waals surface area contributed by atoms with Crippen molar-refractivity contribution in [1.29, 1.82) is 5.26 Å². The minimum atomic E-state index is -0.749. The second kappa shape index (κ2) is 10.9. The molecule has 0 saturated carbocycles. The molecule has 0 aromatic heterocycles. The Labute approximate surface area is 201 Å². The van der Waals surface area contributed by atoms with Crippen LogP contribution in [0.2, 0.25) is 0 Å². The highest BCUT2D eigenvalue weighted by molar-refractivity contribution is 9.10. The van der Waals surface area contributed by atoms with Crippen molar-refractivity contribution in [3.8, 4) is 17.6 Å². The number of ether oxygens (including phenoxy) is 4. The van der Waals surface area contributed by atoms with Crippen molar-refractivity contribution >= 4 is 21.9 Å². The fourth-order valence-corrected chi connectivity index (χ4v) is 4.01. The van der Waals surface area contributed by atoms with Crippen molar-refractivity contribution in [3.63, 3.8) is 0 Å². The van der Waals surface area contributed by atoms with Gasteiger partial charge in [-0.15, -0.1) is 0 Å². The van der Waals surface area contributed by atoms with E-state index in [9.17, 15) is 10.1 Å². The zero-order valence-electron chi connectivity index (χ0n) is 18.7. The summed E-state index contributed by atoms with van der Waals surface area (Å²) in [6.45, 7) is 6.15. The van der Waals surface area contributed by atoms with Gasteiger partial charge in [0.05, 0.1) is 24.7 Å². The molecule has 33 heavy (non-hydrogen) atoms. The number of benzene rings is 2. The standard InChI is InChI=1S/C25H25BrN2O5/c1-4-30-21-12-17(9-10-20(21)32-14-16-7-6-8-18(26)11-16)23-19(13-27)24(28)33-15(3)22(23)25(29)31-5-2/h6-12,23H,4-5,14,28H2,1-3H3. The van der Waals surface area contributed by atoms with E-state index in [1.165, 1.54) is 0 Å². The lowest BCUT2D eigenvalue weighted by Crippen LogP contribution is -2.25. The number of esters is 1. The Bertz CT molecular complexity index is 1150. The smallest absolute Gasteiger partial charge is 0.338 e. The van der Waals surface area contributed by atoms with E-state index in [1.807, 2.05) is 31.2 Å². The zero-order valence-corrected chi connectivity index (χ0v) is 20.3. The quantitative estimate of drug-likeness (QED) is 0.492. The summed E-state index contributed by atoms with van der Waals surface area (Å²) in [6, 6.07) is 15.2. The fraction of sp³-hybridized carbons (Fsp3) is 0.280. The third-order valence-electron chi connectivity index (χ3n) is 4.99. The molecule has 0 bridgehead atoms. The monoisotopic (exact) mass is 512 g/mol. The van der Waals surface area contributed by atoms with Crippen LogP contribution in [0.4, 0.5) is 0 Å². The van der Waals surface area contributed by atoms with Gasteiger partial charge in [0.15, 0.2) is 11.5 Å². The summed E-state index contributed by atoms with van der Waals surface area (Å²) in [5.41, 5.74) is 7.98. The Kier molecular flexibility index (Phi) is 8.01. The molecule has 2 aromatic rings. The first-order chi connectivity index (χ1) is 15.9. The number of nitriles is 1. The number of allylic oxidation sites excluding steroid dienone is 2. The van der Waals surface area contributed by atoms with Crippen molar-refractivity contribution < 1.29 is 23.7 Å². The molecule has 172 valence electrons. The number of hydrogen-bond acceptors (Lipinski definition) is 7. The largest absolute Gasteiger partial charge is 0.490 e. The van der Waals surface area contributed by atoms with Crippen LogP contribution < -0.4 is 15.2 Å². The number of halogens is 1. The van der Waals surface area contributed by atoms with E-state index in [2.05, 4.69) is 22.0 Å². The molecule has 3 rings (SSSR count). The Hall–Kier alpha value is -3.44.